The van der Waals surface area contributed by atoms with Gasteiger partial charge in [0.1, 0.15) is 30.7 Å². The molecule has 12 heteroatoms. The van der Waals surface area contributed by atoms with Crippen molar-refractivity contribution in [1.29, 1.82) is 0 Å². The molecule has 0 aromatic carbocycles. The number of esters is 2. The number of aliphatic hydroxyl groups is 2. The third kappa shape index (κ3) is 10.1. The molecule has 2 N–H and O–H groups in total. The molecule has 0 aromatic heterocycles. The molecular formula is C30H47NO11. The average Bonchev–Trinajstić information content (AvgIpc) is 2.89. The SMILES string of the molecule is CO[C@@H]1[C@@H](O[C@@H]2O[C@H](C)[C@@H](O)[C@H](N(C)C)[C@H]2O)[C@@H](CC=O)C[C@@H](C)C(=O)/C=C/C=C/C[C@@H](C)OC(=O)C[C@H]1OC(C)=O. The zero-order valence-electron chi connectivity index (χ0n) is 25.6. The van der Waals surface area contributed by atoms with Gasteiger partial charge in [-0.25, -0.2) is 0 Å². The number of aldehydes is 1. The first-order valence-corrected chi connectivity index (χ1v) is 14.3. The molecule has 1 fully saturated rings. The van der Waals surface area contributed by atoms with Crippen LogP contribution in [0.2, 0.25) is 0 Å². The van der Waals surface area contributed by atoms with Gasteiger partial charge in [0.2, 0.25) is 0 Å². The number of nitrogens with zero attached hydrogens (tertiary/aromatic N) is 1. The minimum Gasteiger partial charge on any atom is -0.462 e. The second-order valence-corrected chi connectivity index (χ2v) is 11.3. The molecule has 0 radical (unpaired) electrons. The van der Waals surface area contributed by atoms with E-state index in [1.54, 1.807) is 58.0 Å². The maximum atomic E-state index is 13.0. The van der Waals surface area contributed by atoms with Crippen molar-refractivity contribution in [3.05, 3.63) is 24.3 Å². The zero-order chi connectivity index (χ0) is 31.6. The third-order valence-electron chi connectivity index (χ3n) is 7.66. The fourth-order valence-corrected chi connectivity index (χ4v) is 5.49. The Hall–Kier alpha value is -2.48. The lowest BCUT2D eigenvalue weighted by atomic mass is 9.83. The number of likely N-dealkylation sites (N-methyl/N-ethyl adjacent to an activating group) is 1. The number of carbonyl (C=O) groups is 4. The van der Waals surface area contributed by atoms with Crippen molar-refractivity contribution in [2.75, 3.05) is 21.2 Å². The molecule has 0 saturated carbocycles. The fraction of sp³-hybridized carbons (Fsp3) is 0.733. The van der Waals surface area contributed by atoms with Crippen LogP contribution in [0.5, 0.6) is 0 Å². The zero-order valence-corrected chi connectivity index (χ0v) is 25.6. The van der Waals surface area contributed by atoms with Crippen molar-refractivity contribution in [2.24, 2.45) is 11.8 Å². The number of ether oxygens (including phenoxy) is 5. The molecule has 0 aliphatic carbocycles. The number of rotatable bonds is 7. The second-order valence-electron chi connectivity index (χ2n) is 11.3. The minimum absolute atomic E-state index is 0.0713. The van der Waals surface area contributed by atoms with Crippen LogP contribution in [0.4, 0.5) is 0 Å². The Morgan fingerprint density at radius 1 is 1.12 bits per heavy atom. The molecule has 2 rings (SSSR count). The summed E-state index contributed by atoms with van der Waals surface area (Å²) in [5.74, 6) is -2.73. The molecule has 1 saturated heterocycles. The molecule has 0 spiro atoms. The van der Waals surface area contributed by atoms with Crippen molar-refractivity contribution < 1.29 is 53.1 Å². The average molecular weight is 598 g/mol. The van der Waals surface area contributed by atoms with Gasteiger partial charge in [0.25, 0.3) is 0 Å². The number of methoxy groups -OCH3 is 1. The van der Waals surface area contributed by atoms with E-state index in [1.807, 2.05) is 0 Å². The minimum atomic E-state index is -1.33. The normalized spacial score (nSPS) is 38.9. The van der Waals surface area contributed by atoms with Crippen LogP contribution in [0.25, 0.3) is 0 Å². The van der Waals surface area contributed by atoms with E-state index in [1.165, 1.54) is 20.1 Å². The highest BCUT2D eigenvalue weighted by molar-refractivity contribution is 5.91. The van der Waals surface area contributed by atoms with Crippen molar-refractivity contribution in [3.63, 3.8) is 0 Å². The van der Waals surface area contributed by atoms with E-state index in [9.17, 15) is 29.4 Å². The number of hydrogen-bond donors (Lipinski definition) is 2. The first-order chi connectivity index (χ1) is 19.8. The molecule has 2 aliphatic heterocycles. The van der Waals surface area contributed by atoms with E-state index < -0.39 is 78.8 Å². The summed E-state index contributed by atoms with van der Waals surface area (Å²) < 4.78 is 29.1. The summed E-state index contributed by atoms with van der Waals surface area (Å²) in [4.78, 5) is 51.6. The van der Waals surface area contributed by atoms with E-state index in [0.29, 0.717) is 12.7 Å². The highest BCUT2D eigenvalue weighted by atomic mass is 16.7. The van der Waals surface area contributed by atoms with Crippen molar-refractivity contribution in [2.45, 2.75) is 108 Å². The Labute approximate surface area is 247 Å². The molecule has 11 atom stereocenters. The summed E-state index contributed by atoms with van der Waals surface area (Å²) in [6.07, 6.45) is -1.01. The number of cyclic esters (lactones) is 1. The Bertz CT molecular complexity index is 967. The molecule has 42 heavy (non-hydrogen) atoms. The molecule has 238 valence electrons. The summed E-state index contributed by atoms with van der Waals surface area (Å²) in [5, 5.41) is 21.9. The second kappa shape index (κ2) is 17.0. The van der Waals surface area contributed by atoms with Crippen molar-refractivity contribution in [1.82, 2.24) is 4.90 Å². The summed E-state index contributed by atoms with van der Waals surface area (Å²) in [6.45, 7) is 6.27. The van der Waals surface area contributed by atoms with E-state index in [0.717, 1.165) is 0 Å². The summed E-state index contributed by atoms with van der Waals surface area (Å²) >= 11 is 0. The van der Waals surface area contributed by atoms with Crippen LogP contribution < -0.4 is 0 Å². The smallest absolute Gasteiger partial charge is 0.309 e. The van der Waals surface area contributed by atoms with E-state index >= 15 is 0 Å². The van der Waals surface area contributed by atoms with Crippen molar-refractivity contribution in [3.8, 4) is 0 Å². The van der Waals surface area contributed by atoms with Crippen LogP contribution in [-0.4, -0.2) is 115 Å². The summed E-state index contributed by atoms with van der Waals surface area (Å²) in [7, 11) is 4.74. The predicted molar refractivity (Wildman–Crippen MR) is 151 cm³/mol. The monoisotopic (exact) mass is 597 g/mol. The quantitative estimate of drug-likeness (QED) is 0.321. The summed E-state index contributed by atoms with van der Waals surface area (Å²) in [6, 6.07) is -0.755. The van der Waals surface area contributed by atoms with Gasteiger partial charge in [0, 0.05) is 32.8 Å². The largest absolute Gasteiger partial charge is 0.462 e. The standard InChI is InChI=1S/C30H47NO11/c1-17-15-21(13-14-32)28(42-30-27(37)25(31(5)6)26(36)19(3)40-30)29(38-7)23(41-20(4)33)16-24(35)39-18(2)11-9-8-10-12-22(17)34/h8-10,12,14,17-19,21,23,25-30,36-37H,11,13,15-16H2,1-7H3/b9-8+,12-10+/t17-,18-,19-,21+,23-,25+,26-,27-,28+,29+,30+/m1/s1. The lowest BCUT2D eigenvalue weighted by molar-refractivity contribution is -0.309. The van der Waals surface area contributed by atoms with E-state index in [4.69, 9.17) is 23.7 Å². The van der Waals surface area contributed by atoms with Gasteiger partial charge >= 0.3 is 11.9 Å². The van der Waals surface area contributed by atoms with Crippen LogP contribution in [0, 0.1) is 11.8 Å². The molecule has 2 aliphatic rings. The molecule has 0 amide bonds. The molecule has 2 heterocycles. The van der Waals surface area contributed by atoms with Gasteiger partial charge < -0.3 is 43.6 Å². The van der Waals surface area contributed by atoms with Gasteiger partial charge in [-0.2, -0.15) is 0 Å². The highest BCUT2D eigenvalue weighted by Gasteiger charge is 2.48. The van der Waals surface area contributed by atoms with Gasteiger partial charge in [-0.15, -0.1) is 0 Å². The highest BCUT2D eigenvalue weighted by Crippen LogP contribution is 2.33. The first-order valence-electron chi connectivity index (χ1n) is 14.3. The van der Waals surface area contributed by atoms with Crippen LogP contribution in [0.15, 0.2) is 24.3 Å². The first kappa shape index (κ1) is 35.7. The molecule has 12 nitrogen and oxygen atoms in total. The Balaban J connectivity index is 2.61. The van der Waals surface area contributed by atoms with Gasteiger partial charge in [0.05, 0.1) is 30.8 Å². The molecule has 0 bridgehead atoms. The number of allylic oxidation sites excluding steroid dienone is 3. The Kier molecular flexibility index (Phi) is 14.4. The topological polar surface area (TPSA) is 158 Å². The van der Waals surface area contributed by atoms with E-state index in [-0.39, 0.29) is 25.0 Å². The van der Waals surface area contributed by atoms with Gasteiger partial charge in [-0.3, -0.25) is 14.4 Å². The number of hydrogen-bond acceptors (Lipinski definition) is 12. The summed E-state index contributed by atoms with van der Waals surface area (Å²) in [5.41, 5.74) is 0. The van der Waals surface area contributed by atoms with Crippen LogP contribution in [0.1, 0.15) is 53.4 Å². The third-order valence-corrected chi connectivity index (χ3v) is 7.66. The molecule has 0 unspecified atom stereocenters. The van der Waals surface area contributed by atoms with Gasteiger partial charge in [-0.1, -0.05) is 25.2 Å². The van der Waals surface area contributed by atoms with Crippen molar-refractivity contribution >= 4 is 24.0 Å². The van der Waals surface area contributed by atoms with Gasteiger partial charge in [0.15, 0.2) is 12.1 Å². The predicted octanol–water partition coefficient (Wildman–Crippen LogP) is 1.35. The maximum Gasteiger partial charge on any atom is 0.309 e. The number of ketones is 1. The number of carbonyl (C=O) groups excluding carboxylic acids is 4. The van der Waals surface area contributed by atoms with E-state index in [2.05, 4.69) is 0 Å². The maximum absolute atomic E-state index is 13.0. The Morgan fingerprint density at radius 2 is 1.81 bits per heavy atom. The van der Waals surface area contributed by atoms with Gasteiger partial charge in [-0.05, 0) is 46.4 Å². The lowest BCUT2D eigenvalue weighted by Gasteiger charge is -2.46. The fourth-order valence-electron chi connectivity index (χ4n) is 5.49. The van der Waals surface area contributed by atoms with Crippen LogP contribution >= 0.6 is 0 Å². The lowest BCUT2D eigenvalue weighted by Crippen LogP contribution is -2.63. The van der Waals surface area contributed by atoms with Crippen LogP contribution in [0.3, 0.4) is 0 Å². The molecule has 0 aromatic rings. The Morgan fingerprint density at radius 3 is 2.40 bits per heavy atom. The van der Waals surface area contributed by atoms with Crippen LogP contribution in [-0.2, 0) is 42.9 Å². The molecular weight excluding hydrogens is 550 g/mol. The number of aliphatic hydroxyl groups excluding tert-OH is 2.